The molecule has 1 aliphatic heterocycles. The number of hydrogen-bond acceptors (Lipinski definition) is 4. The highest BCUT2D eigenvalue weighted by atomic mass is 32.2. The number of carboxylic acid groups (broad SMARTS) is 1. The number of likely N-dealkylation sites (tertiary alicyclic amines) is 1. The highest BCUT2D eigenvalue weighted by molar-refractivity contribution is 7.98. The third-order valence-corrected chi connectivity index (χ3v) is 4.31. The van der Waals surface area contributed by atoms with E-state index in [1.165, 1.54) is 0 Å². The number of carboxylic acids is 1. The first-order valence-electron chi connectivity index (χ1n) is 6.83. The lowest BCUT2D eigenvalue weighted by molar-refractivity contribution is -0.142. The molecule has 1 N–H and O–H groups in total. The Balaban J connectivity index is 1.92. The summed E-state index contributed by atoms with van der Waals surface area (Å²) < 4.78 is 5.64. The van der Waals surface area contributed by atoms with Gasteiger partial charge in [0.25, 0.3) is 5.91 Å². The van der Waals surface area contributed by atoms with Crippen molar-refractivity contribution in [3.05, 3.63) is 24.3 Å². The third-order valence-electron chi connectivity index (χ3n) is 3.57. The Morgan fingerprint density at radius 2 is 2.05 bits per heavy atom. The molecule has 6 heteroatoms. The maximum absolute atomic E-state index is 12.2. The van der Waals surface area contributed by atoms with E-state index in [1.807, 2.05) is 30.5 Å². The molecule has 1 aromatic rings. The van der Waals surface area contributed by atoms with E-state index < -0.39 is 18.0 Å². The molecule has 5 nitrogen and oxygen atoms in total. The van der Waals surface area contributed by atoms with Gasteiger partial charge in [0.1, 0.15) is 5.75 Å². The molecule has 114 valence electrons. The van der Waals surface area contributed by atoms with Gasteiger partial charge < -0.3 is 14.7 Å². The highest BCUT2D eigenvalue weighted by Crippen LogP contribution is 2.21. The van der Waals surface area contributed by atoms with Crippen LogP contribution in [-0.4, -0.2) is 47.3 Å². The van der Waals surface area contributed by atoms with Gasteiger partial charge in [-0.1, -0.05) is 0 Å². The topological polar surface area (TPSA) is 66.8 Å². The fourth-order valence-corrected chi connectivity index (χ4v) is 2.74. The number of carbonyl (C=O) groups excluding carboxylic acids is 1. The van der Waals surface area contributed by atoms with Crippen LogP contribution in [0.1, 0.15) is 13.3 Å². The first-order valence-corrected chi connectivity index (χ1v) is 8.06. The fourth-order valence-electron chi connectivity index (χ4n) is 2.33. The number of amides is 1. The molecular formula is C15H19NO4S. The van der Waals surface area contributed by atoms with E-state index in [-0.39, 0.29) is 12.5 Å². The second-order valence-electron chi connectivity index (χ2n) is 5.04. The van der Waals surface area contributed by atoms with Crippen LogP contribution in [0.4, 0.5) is 0 Å². The van der Waals surface area contributed by atoms with Crippen molar-refractivity contribution in [3.63, 3.8) is 0 Å². The van der Waals surface area contributed by atoms with Gasteiger partial charge in [0, 0.05) is 18.0 Å². The second-order valence-corrected chi connectivity index (χ2v) is 5.92. The maximum Gasteiger partial charge on any atom is 0.308 e. The van der Waals surface area contributed by atoms with Crippen molar-refractivity contribution in [2.24, 2.45) is 5.92 Å². The van der Waals surface area contributed by atoms with E-state index in [0.717, 1.165) is 4.90 Å². The predicted octanol–water partition coefficient (Wildman–Crippen LogP) is 2.11. The fraction of sp³-hybridized carbons (Fsp3) is 0.467. The van der Waals surface area contributed by atoms with Crippen molar-refractivity contribution in [2.75, 3.05) is 19.3 Å². The summed E-state index contributed by atoms with van der Waals surface area (Å²) in [5.41, 5.74) is 0. The largest absolute Gasteiger partial charge is 0.481 e. The molecule has 2 atom stereocenters. The Morgan fingerprint density at radius 1 is 1.38 bits per heavy atom. The standard InChI is InChI=1S/C15H19NO4S/c1-10(20-12-3-5-13(21-2)6-4-12)14(17)16-8-7-11(9-16)15(18)19/h3-6,10-11H,7-9H2,1-2H3,(H,18,19). The van der Waals surface area contributed by atoms with Gasteiger partial charge in [-0.15, -0.1) is 11.8 Å². The molecule has 21 heavy (non-hydrogen) atoms. The Bertz CT molecular complexity index is 517. The van der Waals surface area contributed by atoms with Crippen LogP contribution >= 0.6 is 11.8 Å². The molecule has 1 aliphatic rings. The number of carbonyl (C=O) groups is 2. The quantitative estimate of drug-likeness (QED) is 0.844. The summed E-state index contributed by atoms with van der Waals surface area (Å²) in [6.07, 6.45) is 1.89. The van der Waals surface area contributed by atoms with Gasteiger partial charge >= 0.3 is 5.97 Å². The summed E-state index contributed by atoms with van der Waals surface area (Å²) in [6.45, 7) is 2.45. The molecule has 0 spiro atoms. The van der Waals surface area contributed by atoms with Crippen LogP contribution in [-0.2, 0) is 9.59 Å². The minimum atomic E-state index is -0.841. The summed E-state index contributed by atoms with van der Waals surface area (Å²) in [4.78, 5) is 25.9. The van der Waals surface area contributed by atoms with Crippen molar-refractivity contribution < 1.29 is 19.4 Å². The van der Waals surface area contributed by atoms with Crippen LogP contribution in [0.2, 0.25) is 0 Å². The lowest BCUT2D eigenvalue weighted by Crippen LogP contribution is -2.39. The number of hydrogen-bond donors (Lipinski definition) is 1. The zero-order chi connectivity index (χ0) is 15.4. The second kappa shape index (κ2) is 6.85. The zero-order valence-electron chi connectivity index (χ0n) is 12.1. The smallest absolute Gasteiger partial charge is 0.308 e. The number of rotatable bonds is 5. The van der Waals surface area contributed by atoms with E-state index in [0.29, 0.717) is 18.7 Å². The van der Waals surface area contributed by atoms with E-state index in [2.05, 4.69) is 0 Å². The van der Waals surface area contributed by atoms with E-state index >= 15 is 0 Å². The van der Waals surface area contributed by atoms with Gasteiger partial charge in [0.2, 0.25) is 0 Å². The number of nitrogens with zero attached hydrogens (tertiary/aromatic N) is 1. The summed E-state index contributed by atoms with van der Waals surface area (Å²) in [7, 11) is 0. The molecule has 0 aromatic heterocycles. The highest BCUT2D eigenvalue weighted by Gasteiger charge is 2.33. The van der Waals surface area contributed by atoms with Crippen LogP contribution in [0.15, 0.2) is 29.2 Å². The number of thioether (sulfide) groups is 1. The van der Waals surface area contributed by atoms with Crippen molar-refractivity contribution >= 4 is 23.6 Å². The van der Waals surface area contributed by atoms with E-state index in [4.69, 9.17) is 9.84 Å². The van der Waals surface area contributed by atoms with Crippen molar-refractivity contribution in [3.8, 4) is 5.75 Å². The molecule has 1 saturated heterocycles. The number of aliphatic carboxylic acids is 1. The van der Waals surface area contributed by atoms with Crippen molar-refractivity contribution in [1.29, 1.82) is 0 Å². The van der Waals surface area contributed by atoms with Gasteiger partial charge in [0.15, 0.2) is 6.10 Å². The van der Waals surface area contributed by atoms with Gasteiger partial charge in [-0.05, 0) is 43.9 Å². The first kappa shape index (κ1) is 15.7. The summed E-state index contributed by atoms with van der Waals surface area (Å²) in [5.74, 6) is -0.816. The average molecular weight is 309 g/mol. The zero-order valence-corrected chi connectivity index (χ0v) is 12.9. The van der Waals surface area contributed by atoms with Gasteiger partial charge in [-0.25, -0.2) is 0 Å². The molecule has 0 radical (unpaired) electrons. The lowest BCUT2D eigenvalue weighted by atomic mass is 10.1. The lowest BCUT2D eigenvalue weighted by Gasteiger charge is -2.21. The molecular weight excluding hydrogens is 290 g/mol. The van der Waals surface area contributed by atoms with Gasteiger partial charge in [-0.2, -0.15) is 0 Å². The predicted molar refractivity (Wildman–Crippen MR) is 80.6 cm³/mol. The third kappa shape index (κ3) is 3.91. The van der Waals surface area contributed by atoms with Gasteiger partial charge in [-0.3, -0.25) is 9.59 Å². The molecule has 0 saturated carbocycles. The summed E-state index contributed by atoms with van der Waals surface area (Å²) in [6, 6.07) is 7.54. The minimum absolute atomic E-state index is 0.160. The van der Waals surface area contributed by atoms with Crippen LogP contribution in [0, 0.1) is 5.92 Å². The minimum Gasteiger partial charge on any atom is -0.481 e. The average Bonchev–Trinajstić information content (AvgIpc) is 2.97. The normalized spacial score (nSPS) is 19.3. The Hall–Kier alpha value is -1.69. The van der Waals surface area contributed by atoms with E-state index in [9.17, 15) is 9.59 Å². The van der Waals surface area contributed by atoms with Crippen molar-refractivity contribution in [1.82, 2.24) is 4.90 Å². The summed E-state index contributed by atoms with van der Waals surface area (Å²) in [5, 5.41) is 8.96. The molecule has 2 rings (SSSR count). The molecule has 0 bridgehead atoms. The first-order chi connectivity index (χ1) is 10.0. The van der Waals surface area contributed by atoms with Gasteiger partial charge in [0.05, 0.1) is 5.92 Å². The van der Waals surface area contributed by atoms with Crippen LogP contribution < -0.4 is 4.74 Å². The molecule has 1 fully saturated rings. The monoisotopic (exact) mass is 309 g/mol. The Kier molecular flexibility index (Phi) is 5.12. The molecule has 2 unspecified atom stereocenters. The Morgan fingerprint density at radius 3 is 2.57 bits per heavy atom. The molecule has 1 heterocycles. The number of benzene rings is 1. The Labute approximate surface area is 128 Å². The van der Waals surface area contributed by atoms with Crippen LogP contribution in [0.25, 0.3) is 0 Å². The van der Waals surface area contributed by atoms with Crippen LogP contribution in [0.5, 0.6) is 5.75 Å². The molecule has 1 amide bonds. The maximum atomic E-state index is 12.2. The van der Waals surface area contributed by atoms with Crippen molar-refractivity contribution in [2.45, 2.75) is 24.3 Å². The number of ether oxygens (including phenoxy) is 1. The SMILES string of the molecule is CSc1ccc(OC(C)C(=O)N2CCC(C(=O)O)C2)cc1. The summed E-state index contributed by atoms with van der Waals surface area (Å²) >= 11 is 1.64. The molecule has 1 aromatic carbocycles. The van der Waals surface area contributed by atoms with E-state index in [1.54, 1.807) is 23.6 Å². The van der Waals surface area contributed by atoms with Crippen LogP contribution in [0.3, 0.4) is 0 Å². The molecule has 0 aliphatic carbocycles.